The van der Waals surface area contributed by atoms with E-state index in [-0.39, 0.29) is 26.0 Å². The van der Waals surface area contributed by atoms with E-state index in [2.05, 4.69) is 15.3 Å². The van der Waals surface area contributed by atoms with E-state index < -0.39 is 5.60 Å². The van der Waals surface area contributed by atoms with Gasteiger partial charge >= 0.3 is 0 Å². The molecule has 28 heavy (non-hydrogen) atoms. The molecule has 4 rings (SSSR count). The number of carbonyl (C=O) groups excluding carboxylic acids is 1. The number of aromatic nitrogens is 3. The Morgan fingerprint density at radius 3 is 2.57 bits per heavy atom. The van der Waals surface area contributed by atoms with Gasteiger partial charge in [-0.15, -0.1) is 0 Å². The van der Waals surface area contributed by atoms with Gasteiger partial charge in [-0.25, -0.2) is 9.97 Å². The van der Waals surface area contributed by atoms with Crippen LogP contribution in [0.1, 0.15) is 46.7 Å². The summed E-state index contributed by atoms with van der Waals surface area (Å²) in [6.45, 7) is 3.57. The number of hydrogen-bond donors (Lipinski definition) is 3. The van der Waals surface area contributed by atoms with Gasteiger partial charge in [-0.3, -0.25) is 14.7 Å². The lowest BCUT2D eigenvalue weighted by Crippen LogP contribution is -2.49. The molecule has 3 N–H and O–H groups in total. The quantitative estimate of drug-likeness (QED) is 0.741. The average molecular weight is 385 g/mol. The third kappa shape index (κ3) is 3.57. The van der Waals surface area contributed by atoms with E-state index in [0.717, 1.165) is 18.4 Å². The van der Waals surface area contributed by atoms with Gasteiger partial charge in [0.2, 0.25) is 5.91 Å². The van der Waals surface area contributed by atoms with Crippen LogP contribution in [0, 0.1) is 0 Å². The van der Waals surface area contributed by atoms with Crippen LogP contribution in [0.25, 0.3) is 11.3 Å². The van der Waals surface area contributed by atoms with Crippen molar-refractivity contribution in [3.63, 3.8) is 0 Å². The Morgan fingerprint density at radius 1 is 1.18 bits per heavy atom. The van der Waals surface area contributed by atoms with Crippen LogP contribution in [0.3, 0.4) is 0 Å². The highest BCUT2D eigenvalue weighted by Crippen LogP contribution is 2.34. The third-order valence-electron chi connectivity index (χ3n) is 5.38. The Balaban J connectivity index is 0.00000240. The monoisotopic (exact) mass is 385 g/mol. The van der Waals surface area contributed by atoms with Crippen LogP contribution in [0.4, 0.5) is 11.6 Å². The molecule has 0 atom stereocenters. The van der Waals surface area contributed by atoms with E-state index >= 15 is 0 Å². The minimum Gasteiger partial charge on any atom is -0.393 e. The van der Waals surface area contributed by atoms with Gasteiger partial charge in [0, 0.05) is 19.2 Å². The smallest absolute Gasteiger partial charge is 0.247 e. The number of pyridine rings is 1. The molecule has 8 heteroatoms. The van der Waals surface area contributed by atoms with Crippen molar-refractivity contribution in [1.82, 2.24) is 15.0 Å². The molecule has 0 spiro atoms. The van der Waals surface area contributed by atoms with Gasteiger partial charge in [-0.1, -0.05) is 0 Å². The Morgan fingerprint density at radius 2 is 1.93 bits per heavy atom. The molecule has 0 bridgehead atoms. The fraction of sp³-hybridized carbons (Fsp3) is 0.500. The van der Waals surface area contributed by atoms with Crippen molar-refractivity contribution >= 4 is 17.5 Å². The number of anilines is 2. The van der Waals surface area contributed by atoms with Gasteiger partial charge in [0.15, 0.2) is 11.6 Å². The molecule has 2 aromatic rings. The van der Waals surface area contributed by atoms with E-state index in [1.54, 1.807) is 37.2 Å². The first-order valence-corrected chi connectivity index (χ1v) is 9.63. The van der Waals surface area contributed by atoms with Crippen LogP contribution in [-0.2, 0) is 10.4 Å². The molecular formula is C20H27N5O3. The molecule has 0 saturated heterocycles. The van der Waals surface area contributed by atoms with Crippen molar-refractivity contribution < 1.29 is 16.4 Å². The number of hydrogen-bond acceptors (Lipinski definition) is 7. The van der Waals surface area contributed by atoms with Crippen LogP contribution in [-0.4, -0.2) is 49.8 Å². The Bertz CT molecular complexity index is 877. The number of nitrogens with zero attached hydrogens (tertiary/aromatic N) is 4. The van der Waals surface area contributed by atoms with Crippen LogP contribution >= 0.6 is 0 Å². The number of aliphatic hydroxyl groups excluding tert-OH is 1. The summed E-state index contributed by atoms with van der Waals surface area (Å²) in [5.74, 6) is 1.09. The van der Waals surface area contributed by atoms with Crippen LogP contribution in [0.2, 0.25) is 0 Å². The summed E-state index contributed by atoms with van der Waals surface area (Å²) in [5, 5.41) is 22.9. The minimum absolute atomic E-state index is 0. The summed E-state index contributed by atoms with van der Waals surface area (Å²) in [4.78, 5) is 27.9. The van der Waals surface area contributed by atoms with Crippen molar-refractivity contribution in [2.45, 2.75) is 57.3 Å². The average Bonchev–Trinajstić information content (AvgIpc) is 2.68. The second kappa shape index (κ2) is 7.10. The molecule has 0 unspecified atom stereocenters. The summed E-state index contributed by atoms with van der Waals surface area (Å²) < 4.78 is 0. The standard InChI is InChI=1S/C20H25N5O3.H2/c1-20(2,28)16-8-3-12(9-21-16)15-10-22-18-19(24-15)25(17(27)11-23-18)13-4-6-14(26)7-5-13;/h3,8-10,13-14,26,28H,4-7,11H2,1-2H3,(H,22,23);1H. The zero-order valence-electron chi connectivity index (χ0n) is 16.1. The van der Waals surface area contributed by atoms with Gasteiger partial charge in [0.05, 0.1) is 30.2 Å². The minimum atomic E-state index is -1.02. The first-order valence-electron chi connectivity index (χ1n) is 9.63. The van der Waals surface area contributed by atoms with Crippen LogP contribution < -0.4 is 10.2 Å². The lowest BCUT2D eigenvalue weighted by molar-refractivity contribution is -0.118. The number of rotatable bonds is 3. The largest absolute Gasteiger partial charge is 0.393 e. The normalized spacial score (nSPS) is 22.6. The fourth-order valence-electron chi connectivity index (χ4n) is 3.77. The van der Waals surface area contributed by atoms with Gasteiger partial charge < -0.3 is 15.5 Å². The molecule has 3 heterocycles. The maximum absolute atomic E-state index is 12.6. The second-order valence-corrected chi connectivity index (χ2v) is 8.00. The molecule has 1 amide bonds. The highest BCUT2D eigenvalue weighted by molar-refractivity contribution is 6.01. The Labute approximate surface area is 165 Å². The number of carbonyl (C=O) groups is 1. The summed E-state index contributed by atoms with van der Waals surface area (Å²) >= 11 is 0. The van der Waals surface area contributed by atoms with Crippen molar-refractivity contribution in [1.29, 1.82) is 0 Å². The first kappa shape index (κ1) is 18.8. The van der Waals surface area contributed by atoms with E-state index in [9.17, 15) is 15.0 Å². The highest BCUT2D eigenvalue weighted by atomic mass is 16.3. The third-order valence-corrected chi connectivity index (χ3v) is 5.38. The van der Waals surface area contributed by atoms with Crippen molar-refractivity contribution in [3.8, 4) is 11.3 Å². The van der Waals surface area contributed by atoms with Gasteiger partial charge in [-0.05, 0) is 51.7 Å². The SMILES string of the molecule is CC(C)(O)c1ccc(-c2cnc3c(n2)N(C2CCC(O)CC2)C(=O)CN3)cn1.[HH]. The topological polar surface area (TPSA) is 111 Å². The maximum Gasteiger partial charge on any atom is 0.247 e. The lowest BCUT2D eigenvalue weighted by atomic mass is 9.91. The lowest BCUT2D eigenvalue weighted by Gasteiger charge is -2.38. The zero-order chi connectivity index (χ0) is 19.9. The van der Waals surface area contributed by atoms with E-state index in [0.29, 0.717) is 35.9 Å². The van der Waals surface area contributed by atoms with E-state index in [1.165, 1.54) is 0 Å². The second-order valence-electron chi connectivity index (χ2n) is 8.00. The fourth-order valence-corrected chi connectivity index (χ4v) is 3.77. The van der Waals surface area contributed by atoms with Crippen LogP contribution in [0.15, 0.2) is 24.5 Å². The van der Waals surface area contributed by atoms with E-state index in [1.807, 2.05) is 6.07 Å². The van der Waals surface area contributed by atoms with Gasteiger partial charge in [0.1, 0.15) is 5.60 Å². The molecular weight excluding hydrogens is 358 g/mol. The zero-order valence-corrected chi connectivity index (χ0v) is 16.1. The molecule has 150 valence electrons. The van der Waals surface area contributed by atoms with Gasteiger partial charge in [-0.2, -0.15) is 0 Å². The molecule has 2 aromatic heterocycles. The van der Waals surface area contributed by atoms with Gasteiger partial charge in [0.25, 0.3) is 0 Å². The molecule has 1 saturated carbocycles. The molecule has 0 aromatic carbocycles. The Hall–Kier alpha value is -2.58. The summed E-state index contributed by atoms with van der Waals surface area (Å²) in [6.07, 6.45) is 5.90. The number of fused-ring (bicyclic) bond motifs is 1. The highest BCUT2D eigenvalue weighted by Gasteiger charge is 2.35. The predicted octanol–water partition coefficient (Wildman–Crippen LogP) is 2.07. The Kier molecular flexibility index (Phi) is 4.76. The van der Waals surface area contributed by atoms with Crippen LogP contribution in [0.5, 0.6) is 0 Å². The van der Waals surface area contributed by atoms with Crippen molar-refractivity contribution in [2.75, 3.05) is 16.8 Å². The molecule has 0 radical (unpaired) electrons. The molecule has 1 fully saturated rings. The summed E-state index contributed by atoms with van der Waals surface area (Å²) in [7, 11) is 0. The molecule has 2 aliphatic rings. The van der Waals surface area contributed by atoms with Crippen molar-refractivity contribution in [3.05, 3.63) is 30.2 Å². The van der Waals surface area contributed by atoms with Crippen molar-refractivity contribution in [2.24, 2.45) is 0 Å². The first-order chi connectivity index (χ1) is 13.3. The number of aliphatic hydroxyl groups is 2. The molecule has 1 aliphatic carbocycles. The molecule has 8 nitrogen and oxygen atoms in total. The molecule has 1 aliphatic heterocycles. The summed E-state index contributed by atoms with van der Waals surface area (Å²) in [6, 6.07) is 3.63. The predicted molar refractivity (Wildman–Crippen MR) is 107 cm³/mol. The van der Waals surface area contributed by atoms with E-state index in [4.69, 9.17) is 4.98 Å². The number of nitrogens with one attached hydrogen (secondary N) is 1. The number of amides is 1. The maximum atomic E-state index is 12.6. The summed E-state index contributed by atoms with van der Waals surface area (Å²) in [5.41, 5.74) is 0.936.